The minimum atomic E-state index is -0.311. The minimum absolute atomic E-state index is 0.311. The lowest BCUT2D eigenvalue weighted by Gasteiger charge is -2.34. The maximum absolute atomic E-state index is 13.6. The zero-order chi connectivity index (χ0) is 21.3. The van der Waals surface area contributed by atoms with Crippen LogP contribution >= 0.6 is 0 Å². The molecule has 0 aromatic heterocycles. The Morgan fingerprint density at radius 2 is 1.40 bits per heavy atom. The Hall–Kier alpha value is -2.51. The smallest absolute Gasteiger partial charge is 0.203 e. The lowest BCUT2D eigenvalue weighted by molar-refractivity contribution is 0.117. The van der Waals surface area contributed by atoms with Gasteiger partial charge in [-0.1, -0.05) is 12.1 Å². The average molecular weight is 419 g/mol. The highest BCUT2D eigenvalue weighted by molar-refractivity contribution is 5.53. The minimum Gasteiger partial charge on any atom is -0.493 e. The van der Waals surface area contributed by atoms with Crippen molar-refractivity contribution in [3.63, 3.8) is 0 Å². The zero-order valence-corrected chi connectivity index (χ0v) is 18.0. The second-order valence-corrected chi connectivity index (χ2v) is 7.25. The van der Waals surface area contributed by atoms with Crippen LogP contribution in [0.25, 0.3) is 0 Å². The monoisotopic (exact) mass is 418 g/mol. The quantitative estimate of drug-likeness (QED) is 0.591. The standard InChI is InChI=1S/C23H31FN2O4/c1-27-21-16-18(17-22(28-2)23(21)29-3)8-9-25-10-12-26(13-11-25)14-15-30-20-7-5-4-6-19(20)24/h4-7,16-17H,8-15H2,1-3H3. The predicted molar refractivity (Wildman–Crippen MR) is 115 cm³/mol. The van der Waals surface area contributed by atoms with Gasteiger partial charge in [-0.3, -0.25) is 4.90 Å². The zero-order valence-electron chi connectivity index (χ0n) is 18.0. The topological polar surface area (TPSA) is 43.4 Å². The van der Waals surface area contributed by atoms with E-state index in [1.165, 1.54) is 6.07 Å². The largest absolute Gasteiger partial charge is 0.493 e. The van der Waals surface area contributed by atoms with E-state index in [2.05, 4.69) is 9.80 Å². The first-order valence-electron chi connectivity index (χ1n) is 10.3. The van der Waals surface area contributed by atoms with Crippen molar-refractivity contribution in [3.05, 3.63) is 47.8 Å². The van der Waals surface area contributed by atoms with Gasteiger partial charge in [-0.05, 0) is 36.2 Å². The SMILES string of the molecule is COc1cc(CCN2CCN(CCOc3ccccc3F)CC2)cc(OC)c1OC. The van der Waals surface area contributed by atoms with Gasteiger partial charge in [0.05, 0.1) is 21.3 Å². The van der Waals surface area contributed by atoms with Crippen molar-refractivity contribution in [2.45, 2.75) is 6.42 Å². The van der Waals surface area contributed by atoms with Gasteiger partial charge in [-0.2, -0.15) is 0 Å². The molecule has 0 radical (unpaired) electrons. The van der Waals surface area contributed by atoms with Gasteiger partial charge in [-0.15, -0.1) is 0 Å². The van der Waals surface area contributed by atoms with Gasteiger partial charge in [-0.25, -0.2) is 4.39 Å². The van der Waals surface area contributed by atoms with Crippen LogP contribution in [0.1, 0.15) is 5.56 Å². The highest BCUT2D eigenvalue weighted by Gasteiger charge is 2.18. The Kier molecular flexibility index (Phi) is 8.16. The molecule has 1 fully saturated rings. The number of ether oxygens (including phenoxy) is 4. The van der Waals surface area contributed by atoms with Gasteiger partial charge < -0.3 is 23.8 Å². The lowest BCUT2D eigenvalue weighted by atomic mass is 10.1. The molecule has 0 amide bonds. The van der Waals surface area contributed by atoms with Crippen molar-refractivity contribution in [2.24, 2.45) is 0 Å². The summed E-state index contributed by atoms with van der Waals surface area (Å²) in [6.07, 6.45) is 0.910. The Morgan fingerprint density at radius 3 is 1.97 bits per heavy atom. The normalized spacial score (nSPS) is 15.1. The summed E-state index contributed by atoms with van der Waals surface area (Å²) in [6.45, 7) is 6.24. The molecule has 2 aromatic rings. The number of benzene rings is 2. The third kappa shape index (κ3) is 5.77. The number of nitrogens with zero attached hydrogens (tertiary/aromatic N) is 2. The van der Waals surface area contributed by atoms with Crippen LogP contribution in [0.3, 0.4) is 0 Å². The Bertz CT molecular complexity index is 785. The van der Waals surface area contributed by atoms with Crippen molar-refractivity contribution in [3.8, 4) is 23.0 Å². The third-order valence-electron chi connectivity index (χ3n) is 5.41. The molecule has 0 aliphatic carbocycles. The average Bonchev–Trinajstić information content (AvgIpc) is 2.79. The van der Waals surface area contributed by atoms with Crippen LogP contribution in [0, 0.1) is 5.82 Å². The first kappa shape index (κ1) is 22.2. The van der Waals surface area contributed by atoms with Crippen LogP contribution < -0.4 is 18.9 Å². The van der Waals surface area contributed by atoms with E-state index in [0.717, 1.165) is 51.3 Å². The Balaban J connectivity index is 1.42. The van der Waals surface area contributed by atoms with E-state index < -0.39 is 0 Å². The number of hydrogen-bond donors (Lipinski definition) is 0. The molecular weight excluding hydrogens is 387 g/mol. The number of para-hydroxylation sites is 1. The fourth-order valence-electron chi connectivity index (χ4n) is 3.65. The fraction of sp³-hybridized carbons (Fsp3) is 0.478. The molecule has 164 valence electrons. The van der Waals surface area contributed by atoms with Crippen molar-refractivity contribution < 1.29 is 23.3 Å². The van der Waals surface area contributed by atoms with E-state index in [4.69, 9.17) is 18.9 Å². The molecule has 0 atom stereocenters. The molecule has 1 heterocycles. The van der Waals surface area contributed by atoms with Crippen LogP contribution in [-0.2, 0) is 6.42 Å². The molecule has 1 saturated heterocycles. The summed E-state index contributed by atoms with van der Waals surface area (Å²) in [7, 11) is 4.88. The van der Waals surface area contributed by atoms with Crippen LogP contribution in [0.15, 0.2) is 36.4 Å². The number of hydrogen-bond acceptors (Lipinski definition) is 6. The molecule has 7 heteroatoms. The Morgan fingerprint density at radius 1 is 0.800 bits per heavy atom. The summed E-state index contributed by atoms with van der Waals surface area (Å²) in [4.78, 5) is 4.81. The summed E-state index contributed by atoms with van der Waals surface area (Å²) in [5, 5.41) is 0. The summed E-state index contributed by atoms with van der Waals surface area (Å²) < 4.78 is 35.4. The number of piperazine rings is 1. The number of rotatable bonds is 10. The number of methoxy groups -OCH3 is 3. The number of halogens is 1. The summed E-state index contributed by atoms with van der Waals surface area (Å²) in [5.41, 5.74) is 1.16. The second-order valence-electron chi connectivity index (χ2n) is 7.25. The van der Waals surface area contributed by atoms with Crippen LogP contribution in [0.2, 0.25) is 0 Å². The van der Waals surface area contributed by atoms with Crippen molar-refractivity contribution in [2.75, 3.05) is 67.2 Å². The molecule has 0 unspecified atom stereocenters. The molecule has 1 aliphatic heterocycles. The third-order valence-corrected chi connectivity index (χ3v) is 5.41. The van der Waals surface area contributed by atoms with Crippen LogP contribution in [-0.4, -0.2) is 77.0 Å². The van der Waals surface area contributed by atoms with E-state index in [0.29, 0.717) is 29.6 Å². The first-order valence-corrected chi connectivity index (χ1v) is 10.3. The van der Waals surface area contributed by atoms with Crippen molar-refractivity contribution >= 4 is 0 Å². The summed E-state index contributed by atoms with van der Waals surface area (Å²) >= 11 is 0. The summed E-state index contributed by atoms with van der Waals surface area (Å²) in [5.74, 6) is 2.00. The molecule has 1 aliphatic rings. The van der Waals surface area contributed by atoms with E-state index >= 15 is 0 Å². The van der Waals surface area contributed by atoms with E-state index in [-0.39, 0.29) is 5.82 Å². The van der Waals surface area contributed by atoms with Gasteiger partial charge in [0.1, 0.15) is 6.61 Å². The molecule has 6 nitrogen and oxygen atoms in total. The van der Waals surface area contributed by atoms with E-state index in [1.54, 1.807) is 39.5 Å². The van der Waals surface area contributed by atoms with Crippen LogP contribution in [0.4, 0.5) is 4.39 Å². The molecule has 30 heavy (non-hydrogen) atoms. The fourth-order valence-corrected chi connectivity index (χ4v) is 3.65. The maximum Gasteiger partial charge on any atom is 0.203 e. The van der Waals surface area contributed by atoms with Gasteiger partial charge in [0.2, 0.25) is 5.75 Å². The highest BCUT2D eigenvalue weighted by atomic mass is 19.1. The summed E-state index contributed by atoms with van der Waals surface area (Å²) in [6, 6.07) is 10.6. The van der Waals surface area contributed by atoms with Gasteiger partial charge in [0.15, 0.2) is 23.1 Å². The molecule has 3 rings (SSSR count). The maximum atomic E-state index is 13.6. The van der Waals surface area contributed by atoms with Gasteiger partial charge >= 0.3 is 0 Å². The first-order chi connectivity index (χ1) is 14.6. The van der Waals surface area contributed by atoms with Crippen molar-refractivity contribution in [1.29, 1.82) is 0 Å². The molecule has 0 saturated carbocycles. The molecular formula is C23H31FN2O4. The predicted octanol–water partition coefficient (Wildman–Crippen LogP) is 3.09. The van der Waals surface area contributed by atoms with E-state index in [1.807, 2.05) is 12.1 Å². The molecule has 0 bridgehead atoms. The van der Waals surface area contributed by atoms with E-state index in [9.17, 15) is 4.39 Å². The van der Waals surface area contributed by atoms with Gasteiger partial charge in [0, 0.05) is 39.3 Å². The Labute approximate surface area is 178 Å². The lowest BCUT2D eigenvalue weighted by Crippen LogP contribution is -2.47. The molecule has 2 aromatic carbocycles. The van der Waals surface area contributed by atoms with Crippen LogP contribution in [0.5, 0.6) is 23.0 Å². The molecule has 0 N–H and O–H groups in total. The van der Waals surface area contributed by atoms with Crippen molar-refractivity contribution in [1.82, 2.24) is 9.80 Å². The highest BCUT2D eigenvalue weighted by Crippen LogP contribution is 2.38. The van der Waals surface area contributed by atoms with Gasteiger partial charge in [0.25, 0.3) is 0 Å². The second kappa shape index (κ2) is 11.0. The molecule has 0 spiro atoms.